The predicted octanol–water partition coefficient (Wildman–Crippen LogP) is 5.46. The summed E-state index contributed by atoms with van der Waals surface area (Å²) in [7, 11) is 0. The van der Waals surface area contributed by atoms with Crippen LogP contribution in [-0.2, 0) is 0 Å². The van der Waals surface area contributed by atoms with E-state index in [0.29, 0.717) is 33.1 Å². The Morgan fingerprint density at radius 2 is 1.71 bits per heavy atom. The van der Waals surface area contributed by atoms with Crippen molar-refractivity contribution in [3.63, 3.8) is 0 Å². The first kappa shape index (κ1) is 22.4. The number of aromatic nitrogens is 4. The highest BCUT2D eigenvalue weighted by molar-refractivity contribution is 7.99. The number of H-pyrrole nitrogens is 1. The van der Waals surface area contributed by atoms with Gasteiger partial charge in [-0.05, 0) is 61.4 Å². The molecule has 0 aliphatic heterocycles. The highest BCUT2D eigenvalue weighted by atomic mass is 32.2. The molecule has 0 spiro atoms. The smallest absolute Gasteiger partial charge is 0.266 e. The lowest BCUT2D eigenvalue weighted by atomic mass is 10.1. The van der Waals surface area contributed by atoms with Crippen LogP contribution in [0.3, 0.4) is 0 Å². The van der Waals surface area contributed by atoms with E-state index >= 15 is 0 Å². The number of nitriles is 1. The average Bonchev–Trinajstić information content (AvgIpc) is 3.26. The number of imidazole rings is 1. The van der Waals surface area contributed by atoms with Gasteiger partial charge in [0.15, 0.2) is 11.0 Å². The minimum absolute atomic E-state index is 0.0372. The highest BCUT2D eigenvalue weighted by Gasteiger charge is 2.17. The van der Waals surface area contributed by atoms with Crippen molar-refractivity contribution in [3.05, 3.63) is 99.8 Å². The van der Waals surface area contributed by atoms with Gasteiger partial charge in [0.1, 0.15) is 17.4 Å². The van der Waals surface area contributed by atoms with Crippen molar-refractivity contribution in [2.45, 2.75) is 19.0 Å². The molecular weight excluding hydrogens is 458 g/mol. The van der Waals surface area contributed by atoms with Gasteiger partial charge in [-0.3, -0.25) is 9.36 Å². The SMILES string of the molecule is Cc1cc(C)cc(-n2c(SCC(O)=C(C#N)c3nc4ccccc4[nH]3)nc3ccccc3c2=O)c1. The molecule has 7 nitrogen and oxygen atoms in total. The molecule has 0 unspecified atom stereocenters. The maximum Gasteiger partial charge on any atom is 0.266 e. The summed E-state index contributed by atoms with van der Waals surface area (Å²) in [4.78, 5) is 25.7. The van der Waals surface area contributed by atoms with Crippen LogP contribution < -0.4 is 5.56 Å². The van der Waals surface area contributed by atoms with Gasteiger partial charge in [0, 0.05) is 0 Å². The van der Waals surface area contributed by atoms with E-state index in [1.807, 2.05) is 68.4 Å². The Bertz CT molecular complexity index is 1670. The zero-order valence-electron chi connectivity index (χ0n) is 19.1. The number of rotatable bonds is 5. The van der Waals surface area contributed by atoms with E-state index in [1.54, 1.807) is 16.7 Å². The Morgan fingerprint density at radius 1 is 1.03 bits per heavy atom. The van der Waals surface area contributed by atoms with Gasteiger partial charge >= 0.3 is 0 Å². The Balaban J connectivity index is 1.59. The van der Waals surface area contributed by atoms with Crippen LogP contribution in [0.15, 0.2) is 82.4 Å². The number of aromatic amines is 1. The van der Waals surface area contributed by atoms with Gasteiger partial charge < -0.3 is 10.1 Å². The molecule has 3 aromatic carbocycles. The normalized spacial score (nSPS) is 12.0. The van der Waals surface area contributed by atoms with Crippen LogP contribution in [0.25, 0.3) is 33.2 Å². The van der Waals surface area contributed by atoms with Gasteiger partial charge in [-0.2, -0.15) is 5.26 Å². The van der Waals surface area contributed by atoms with E-state index in [2.05, 4.69) is 16.0 Å². The minimum Gasteiger partial charge on any atom is -0.510 e. The third kappa shape index (κ3) is 4.29. The summed E-state index contributed by atoms with van der Waals surface area (Å²) in [6.07, 6.45) is 0. The van der Waals surface area contributed by atoms with Gasteiger partial charge in [0.2, 0.25) is 0 Å². The molecule has 0 aliphatic rings. The summed E-state index contributed by atoms with van der Waals surface area (Å²) in [6.45, 7) is 3.95. The van der Waals surface area contributed by atoms with Crippen LogP contribution in [0.1, 0.15) is 17.0 Å². The van der Waals surface area contributed by atoms with Crippen molar-refractivity contribution in [2.75, 3.05) is 5.75 Å². The number of aliphatic hydroxyl groups excluding tert-OH is 1. The molecule has 5 rings (SSSR count). The van der Waals surface area contributed by atoms with Gasteiger partial charge in [0.25, 0.3) is 5.56 Å². The first-order chi connectivity index (χ1) is 16.9. The molecule has 5 aromatic rings. The lowest BCUT2D eigenvalue weighted by molar-refractivity contribution is 0.420. The number of nitrogens with zero attached hydrogens (tertiary/aromatic N) is 4. The molecule has 2 N–H and O–H groups in total. The third-order valence-corrected chi connectivity index (χ3v) is 6.52. The van der Waals surface area contributed by atoms with E-state index in [0.717, 1.165) is 16.6 Å². The van der Waals surface area contributed by atoms with Crippen molar-refractivity contribution in [3.8, 4) is 11.8 Å². The van der Waals surface area contributed by atoms with E-state index < -0.39 is 0 Å². The van der Waals surface area contributed by atoms with Gasteiger partial charge in [0.05, 0.1) is 33.4 Å². The Morgan fingerprint density at radius 3 is 2.43 bits per heavy atom. The number of aliphatic hydroxyl groups is 1. The summed E-state index contributed by atoms with van der Waals surface area (Å²) in [5, 5.41) is 21.5. The maximum atomic E-state index is 13.5. The maximum absolute atomic E-state index is 13.5. The van der Waals surface area contributed by atoms with Crippen LogP contribution in [0.5, 0.6) is 0 Å². The molecule has 8 heteroatoms. The van der Waals surface area contributed by atoms with E-state index in [-0.39, 0.29) is 22.6 Å². The number of para-hydroxylation sites is 3. The number of thioether (sulfide) groups is 1. The summed E-state index contributed by atoms with van der Waals surface area (Å²) < 4.78 is 1.56. The summed E-state index contributed by atoms with van der Waals surface area (Å²) in [6, 6.07) is 22.5. The Labute approximate surface area is 205 Å². The molecule has 0 radical (unpaired) electrons. The quantitative estimate of drug-likeness (QED) is 0.150. The number of hydrogen-bond acceptors (Lipinski definition) is 6. The first-order valence-corrected chi connectivity index (χ1v) is 11.9. The van der Waals surface area contributed by atoms with E-state index in [9.17, 15) is 15.2 Å². The fourth-order valence-electron chi connectivity index (χ4n) is 4.05. The number of nitrogens with one attached hydrogen (secondary N) is 1. The zero-order chi connectivity index (χ0) is 24.5. The lowest BCUT2D eigenvalue weighted by Gasteiger charge is -2.14. The molecule has 0 bridgehead atoms. The number of benzene rings is 3. The van der Waals surface area contributed by atoms with Crippen LogP contribution in [0.4, 0.5) is 0 Å². The van der Waals surface area contributed by atoms with Gasteiger partial charge in [-0.25, -0.2) is 9.97 Å². The number of hydrogen-bond donors (Lipinski definition) is 2. The fourth-order valence-corrected chi connectivity index (χ4v) is 4.94. The van der Waals surface area contributed by atoms with Gasteiger partial charge in [-0.15, -0.1) is 0 Å². The van der Waals surface area contributed by atoms with Crippen LogP contribution in [0, 0.1) is 25.2 Å². The molecule has 0 atom stereocenters. The molecule has 2 heterocycles. The molecule has 0 saturated carbocycles. The first-order valence-electron chi connectivity index (χ1n) is 10.9. The predicted molar refractivity (Wildman–Crippen MR) is 139 cm³/mol. The highest BCUT2D eigenvalue weighted by Crippen LogP contribution is 2.26. The minimum atomic E-state index is -0.190. The number of fused-ring (bicyclic) bond motifs is 2. The van der Waals surface area contributed by atoms with Crippen molar-refractivity contribution in [1.29, 1.82) is 5.26 Å². The second kappa shape index (κ2) is 9.12. The largest absolute Gasteiger partial charge is 0.510 e. The molecule has 172 valence electrons. The summed E-state index contributed by atoms with van der Waals surface area (Å²) in [5.41, 5.74) is 4.66. The Kier molecular flexibility index (Phi) is 5.85. The van der Waals surface area contributed by atoms with Crippen LogP contribution in [0.2, 0.25) is 0 Å². The van der Waals surface area contributed by atoms with Crippen LogP contribution in [-0.4, -0.2) is 30.4 Å². The topological polar surface area (TPSA) is 108 Å². The molecule has 0 saturated heterocycles. The molecule has 0 aliphatic carbocycles. The molecular formula is C27H21N5O2S. The average molecular weight is 480 g/mol. The van der Waals surface area contributed by atoms with E-state index in [4.69, 9.17) is 4.98 Å². The van der Waals surface area contributed by atoms with Crippen molar-refractivity contribution >= 4 is 39.3 Å². The van der Waals surface area contributed by atoms with Crippen molar-refractivity contribution in [1.82, 2.24) is 19.5 Å². The molecule has 0 amide bonds. The Hall–Kier alpha value is -4.35. The summed E-state index contributed by atoms with van der Waals surface area (Å²) >= 11 is 1.19. The fraction of sp³-hybridized carbons (Fsp3) is 0.111. The van der Waals surface area contributed by atoms with Crippen LogP contribution >= 0.6 is 11.8 Å². The van der Waals surface area contributed by atoms with Gasteiger partial charge in [-0.1, -0.05) is 42.1 Å². The number of aryl methyl sites for hydroxylation is 2. The second-order valence-electron chi connectivity index (χ2n) is 8.22. The van der Waals surface area contributed by atoms with Crippen molar-refractivity contribution in [2.24, 2.45) is 0 Å². The molecule has 35 heavy (non-hydrogen) atoms. The molecule has 2 aromatic heterocycles. The molecule has 0 fully saturated rings. The second-order valence-corrected chi connectivity index (χ2v) is 9.17. The number of allylic oxidation sites excluding steroid dienone is 1. The van der Waals surface area contributed by atoms with Crippen molar-refractivity contribution < 1.29 is 5.11 Å². The lowest BCUT2D eigenvalue weighted by Crippen LogP contribution is -2.22. The summed E-state index contributed by atoms with van der Waals surface area (Å²) in [5.74, 6) is 0.186. The van der Waals surface area contributed by atoms with E-state index in [1.165, 1.54) is 11.8 Å². The zero-order valence-corrected chi connectivity index (χ0v) is 19.9. The standard InChI is InChI=1S/C27H21N5O2S/c1-16-11-17(2)13-18(12-16)32-26(34)19-7-3-4-8-21(19)31-27(32)35-15-24(33)20(14-28)25-29-22-9-5-6-10-23(22)30-25/h3-13,33H,15H2,1-2H3,(H,29,30). The third-order valence-electron chi connectivity index (χ3n) is 5.57. The monoisotopic (exact) mass is 479 g/mol.